The molecule has 0 bridgehead atoms. The second-order valence-corrected chi connectivity index (χ2v) is 4.19. The van der Waals surface area contributed by atoms with E-state index in [0.717, 1.165) is 12.1 Å². The summed E-state index contributed by atoms with van der Waals surface area (Å²) in [4.78, 5) is 12.8. The van der Waals surface area contributed by atoms with Gasteiger partial charge in [-0.15, -0.1) is 0 Å². The molecule has 0 heterocycles. The molecule has 2 atom stereocenters. The van der Waals surface area contributed by atoms with Crippen LogP contribution in [-0.4, -0.2) is 43.2 Å². The molecule has 0 aliphatic rings. The molecule has 0 saturated carbocycles. The van der Waals surface area contributed by atoms with Gasteiger partial charge in [0, 0.05) is 0 Å². The van der Waals surface area contributed by atoms with E-state index in [1.54, 1.807) is 19.0 Å². The van der Waals surface area contributed by atoms with Crippen LogP contribution in [0.25, 0.3) is 0 Å². The van der Waals surface area contributed by atoms with Crippen LogP contribution >= 0.6 is 0 Å². The molecule has 0 amide bonds. The highest BCUT2D eigenvalue weighted by atomic mass is 19.2. The first kappa shape index (κ1) is 14.5. The van der Waals surface area contributed by atoms with Gasteiger partial charge in [0.15, 0.2) is 11.6 Å². The number of nitrogens with zero attached hydrogens (tertiary/aromatic N) is 1. The minimum Gasteiger partial charge on any atom is -0.480 e. The summed E-state index contributed by atoms with van der Waals surface area (Å²) < 4.78 is 26.1. The summed E-state index contributed by atoms with van der Waals surface area (Å²) in [7, 11) is 4.87. The van der Waals surface area contributed by atoms with Gasteiger partial charge in [-0.1, -0.05) is 6.07 Å². The Morgan fingerprint density at radius 3 is 2.33 bits per heavy atom. The van der Waals surface area contributed by atoms with Gasteiger partial charge >= 0.3 is 5.97 Å². The number of carbonyl (C=O) groups is 1. The van der Waals surface area contributed by atoms with Crippen molar-refractivity contribution in [3.63, 3.8) is 0 Å². The Hall–Kier alpha value is -1.53. The lowest BCUT2D eigenvalue weighted by atomic mass is 9.98. The van der Waals surface area contributed by atoms with Gasteiger partial charge in [0.1, 0.15) is 6.04 Å². The van der Waals surface area contributed by atoms with Crippen LogP contribution in [0.1, 0.15) is 11.6 Å². The fourth-order valence-corrected chi connectivity index (χ4v) is 1.90. The minimum absolute atomic E-state index is 0.403. The van der Waals surface area contributed by atoms with Gasteiger partial charge in [-0.25, -0.2) is 8.78 Å². The molecule has 0 aliphatic heterocycles. The van der Waals surface area contributed by atoms with Crippen molar-refractivity contribution in [2.75, 3.05) is 21.1 Å². The number of likely N-dealkylation sites (N-methyl/N-ethyl adjacent to an activating group) is 2. The average Bonchev–Trinajstić information content (AvgIpc) is 2.28. The van der Waals surface area contributed by atoms with Crippen LogP contribution < -0.4 is 5.32 Å². The van der Waals surface area contributed by atoms with E-state index < -0.39 is 29.7 Å². The van der Waals surface area contributed by atoms with Crippen molar-refractivity contribution in [1.29, 1.82) is 0 Å². The molecule has 1 aromatic rings. The number of carboxylic acid groups (broad SMARTS) is 1. The van der Waals surface area contributed by atoms with Crippen molar-refractivity contribution in [2.45, 2.75) is 12.1 Å². The maximum atomic E-state index is 13.2. The van der Waals surface area contributed by atoms with E-state index in [1.807, 2.05) is 0 Å². The Labute approximate surface area is 104 Å². The minimum atomic E-state index is -1.05. The van der Waals surface area contributed by atoms with Crippen LogP contribution in [-0.2, 0) is 4.79 Å². The molecule has 0 aliphatic carbocycles. The maximum absolute atomic E-state index is 13.2. The van der Waals surface area contributed by atoms with Gasteiger partial charge in [-0.3, -0.25) is 4.79 Å². The first-order valence-corrected chi connectivity index (χ1v) is 5.40. The Morgan fingerprint density at radius 1 is 1.33 bits per heavy atom. The molecule has 0 fully saturated rings. The smallest absolute Gasteiger partial charge is 0.322 e. The highest BCUT2D eigenvalue weighted by molar-refractivity contribution is 5.74. The van der Waals surface area contributed by atoms with Crippen LogP contribution in [0.2, 0.25) is 0 Å². The third kappa shape index (κ3) is 3.02. The SMILES string of the molecule is CNC(C(=O)O)C(c1ccc(F)c(F)c1)N(C)C. The zero-order chi connectivity index (χ0) is 13.9. The molecular formula is C12H16F2N2O2. The number of benzene rings is 1. The monoisotopic (exact) mass is 258 g/mol. The summed E-state index contributed by atoms with van der Waals surface area (Å²) in [6, 6.07) is 1.90. The van der Waals surface area contributed by atoms with Crippen LogP contribution in [0.4, 0.5) is 8.78 Å². The van der Waals surface area contributed by atoms with Gasteiger partial charge < -0.3 is 15.3 Å². The second kappa shape index (κ2) is 5.88. The fourth-order valence-electron chi connectivity index (χ4n) is 1.90. The van der Waals surface area contributed by atoms with Gasteiger partial charge in [-0.05, 0) is 38.8 Å². The molecule has 2 unspecified atom stereocenters. The summed E-state index contributed by atoms with van der Waals surface area (Å²) in [5, 5.41) is 11.8. The molecule has 0 spiro atoms. The molecule has 4 nitrogen and oxygen atoms in total. The number of aliphatic carboxylic acids is 1. The number of rotatable bonds is 5. The van der Waals surface area contributed by atoms with Crippen molar-refractivity contribution in [3.05, 3.63) is 35.4 Å². The topological polar surface area (TPSA) is 52.6 Å². The van der Waals surface area contributed by atoms with Crippen LogP contribution in [0.3, 0.4) is 0 Å². The molecule has 0 aromatic heterocycles. The zero-order valence-corrected chi connectivity index (χ0v) is 10.4. The largest absolute Gasteiger partial charge is 0.480 e. The van der Waals surface area contributed by atoms with Gasteiger partial charge in [0.25, 0.3) is 0 Å². The molecule has 0 radical (unpaired) electrons. The van der Waals surface area contributed by atoms with Crippen LogP contribution in [0.5, 0.6) is 0 Å². The third-order valence-corrected chi connectivity index (χ3v) is 2.73. The fraction of sp³-hybridized carbons (Fsp3) is 0.417. The van der Waals surface area contributed by atoms with Crippen LogP contribution in [0, 0.1) is 11.6 Å². The quantitative estimate of drug-likeness (QED) is 0.834. The molecule has 2 N–H and O–H groups in total. The molecule has 0 saturated heterocycles. The van der Waals surface area contributed by atoms with E-state index >= 15 is 0 Å². The van der Waals surface area contributed by atoms with E-state index in [9.17, 15) is 13.6 Å². The Kier molecular flexibility index (Phi) is 4.75. The predicted molar refractivity (Wildman–Crippen MR) is 63.3 cm³/mol. The number of nitrogens with one attached hydrogen (secondary N) is 1. The lowest BCUT2D eigenvalue weighted by molar-refractivity contribution is -0.141. The van der Waals surface area contributed by atoms with Gasteiger partial charge in [0.2, 0.25) is 0 Å². The first-order valence-electron chi connectivity index (χ1n) is 5.40. The van der Waals surface area contributed by atoms with Crippen LogP contribution in [0.15, 0.2) is 18.2 Å². The van der Waals surface area contributed by atoms with Crippen molar-refractivity contribution in [2.24, 2.45) is 0 Å². The van der Waals surface area contributed by atoms with Gasteiger partial charge in [0.05, 0.1) is 6.04 Å². The summed E-state index contributed by atoms with van der Waals surface area (Å²) in [5.74, 6) is -2.99. The van der Waals surface area contributed by atoms with Crippen molar-refractivity contribution in [3.8, 4) is 0 Å². The maximum Gasteiger partial charge on any atom is 0.322 e. The lowest BCUT2D eigenvalue weighted by Crippen LogP contribution is -2.45. The standard InChI is InChI=1S/C12H16F2N2O2/c1-15-10(12(17)18)11(16(2)3)7-4-5-8(13)9(14)6-7/h4-6,10-11,15H,1-3H3,(H,17,18). The van der Waals surface area contributed by atoms with E-state index in [0.29, 0.717) is 5.56 Å². The molecular weight excluding hydrogens is 242 g/mol. The Morgan fingerprint density at radius 2 is 1.94 bits per heavy atom. The molecule has 100 valence electrons. The zero-order valence-electron chi connectivity index (χ0n) is 10.4. The number of halogens is 2. The first-order chi connectivity index (χ1) is 8.38. The van der Waals surface area contributed by atoms with Crippen molar-refractivity contribution >= 4 is 5.97 Å². The summed E-state index contributed by atoms with van der Waals surface area (Å²) in [6.45, 7) is 0. The average molecular weight is 258 g/mol. The highest BCUT2D eigenvalue weighted by Crippen LogP contribution is 2.24. The van der Waals surface area contributed by atoms with E-state index in [2.05, 4.69) is 5.32 Å². The Balaban J connectivity index is 3.19. The normalized spacial score (nSPS) is 14.6. The van der Waals surface area contributed by atoms with E-state index in [-0.39, 0.29) is 0 Å². The molecule has 1 rings (SSSR count). The molecule has 1 aromatic carbocycles. The van der Waals surface area contributed by atoms with Crippen molar-refractivity contribution in [1.82, 2.24) is 10.2 Å². The molecule has 18 heavy (non-hydrogen) atoms. The lowest BCUT2D eigenvalue weighted by Gasteiger charge is -2.30. The number of hydrogen-bond acceptors (Lipinski definition) is 3. The van der Waals surface area contributed by atoms with E-state index in [4.69, 9.17) is 5.11 Å². The summed E-state index contributed by atoms with van der Waals surface area (Å²) in [5.41, 5.74) is 0.403. The number of hydrogen-bond donors (Lipinski definition) is 2. The highest BCUT2D eigenvalue weighted by Gasteiger charge is 2.30. The summed E-state index contributed by atoms with van der Waals surface area (Å²) in [6.07, 6.45) is 0. The van der Waals surface area contributed by atoms with Gasteiger partial charge in [-0.2, -0.15) is 0 Å². The second-order valence-electron chi connectivity index (χ2n) is 4.19. The predicted octanol–water partition coefficient (Wildman–Crippen LogP) is 1.24. The molecule has 6 heteroatoms. The Bertz CT molecular complexity index is 438. The number of carboxylic acids is 1. The van der Waals surface area contributed by atoms with E-state index in [1.165, 1.54) is 13.1 Å². The third-order valence-electron chi connectivity index (χ3n) is 2.73. The van der Waals surface area contributed by atoms with Crippen molar-refractivity contribution < 1.29 is 18.7 Å². The summed E-state index contributed by atoms with van der Waals surface area (Å²) >= 11 is 0.